The van der Waals surface area contributed by atoms with Crippen LogP contribution in [0.25, 0.3) is 10.2 Å². The lowest BCUT2D eigenvalue weighted by molar-refractivity contribution is -0.141. The van der Waals surface area contributed by atoms with Crippen molar-refractivity contribution in [3.05, 3.63) is 58.4 Å². The molecule has 1 amide bonds. The van der Waals surface area contributed by atoms with E-state index in [9.17, 15) is 9.59 Å². The van der Waals surface area contributed by atoms with Crippen molar-refractivity contribution in [2.75, 3.05) is 13.7 Å². The Morgan fingerprint density at radius 2 is 1.96 bits per heavy atom. The highest BCUT2D eigenvalue weighted by Crippen LogP contribution is 2.23. The number of aromatic nitrogens is 1. The summed E-state index contributed by atoms with van der Waals surface area (Å²) >= 11 is 1.33. The number of ether oxygens (including phenoxy) is 2. The number of fused-ring (bicyclic) bond motifs is 1. The SMILES string of the molecule is CCOc1ccc2c(c1)sc(=NC(=O)c1ccccc1C)n2CC(=O)OC. The topological polar surface area (TPSA) is 69.9 Å². The van der Waals surface area contributed by atoms with Crippen molar-refractivity contribution in [3.8, 4) is 5.75 Å². The van der Waals surface area contributed by atoms with Crippen molar-refractivity contribution in [1.29, 1.82) is 0 Å². The van der Waals surface area contributed by atoms with Crippen LogP contribution in [0.4, 0.5) is 0 Å². The van der Waals surface area contributed by atoms with E-state index in [1.54, 1.807) is 16.7 Å². The van der Waals surface area contributed by atoms with Gasteiger partial charge in [-0.05, 0) is 43.7 Å². The lowest BCUT2D eigenvalue weighted by Crippen LogP contribution is -2.22. The molecule has 1 aromatic heterocycles. The normalized spacial score (nSPS) is 11.6. The number of rotatable bonds is 5. The second-order valence-corrected chi connectivity index (χ2v) is 6.85. The van der Waals surface area contributed by atoms with Gasteiger partial charge >= 0.3 is 5.97 Å². The van der Waals surface area contributed by atoms with Gasteiger partial charge in [0.25, 0.3) is 5.91 Å². The van der Waals surface area contributed by atoms with Crippen molar-refractivity contribution < 1.29 is 19.1 Å². The number of thiazole rings is 1. The number of nitrogens with zero attached hydrogens (tertiary/aromatic N) is 2. The summed E-state index contributed by atoms with van der Waals surface area (Å²) < 4.78 is 12.9. The van der Waals surface area contributed by atoms with Crippen molar-refractivity contribution in [3.63, 3.8) is 0 Å². The summed E-state index contributed by atoms with van der Waals surface area (Å²) in [6.07, 6.45) is 0. The summed E-state index contributed by atoms with van der Waals surface area (Å²) in [6, 6.07) is 12.9. The second kappa shape index (κ2) is 8.18. The summed E-state index contributed by atoms with van der Waals surface area (Å²) in [5.74, 6) is -0.0232. The van der Waals surface area contributed by atoms with Gasteiger partial charge in [-0.25, -0.2) is 0 Å². The molecule has 0 N–H and O–H groups in total. The van der Waals surface area contributed by atoms with Gasteiger partial charge in [-0.3, -0.25) is 9.59 Å². The first-order chi connectivity index (χ1) is 13.0. The minimum absolute atomic E-state index is 0.0234. The monoisotopic (exact) mass is 384 g/mol. The molecule has 3 aromatic rings. The van der Waals surface area contributed by atoms with Crippen LogP contribution in [-0.4, -0.2) is 30.2 Å². The predicted molar refractivity (Wildman–Crippen MR) is 104 cm³/mol. The molecule has 0 aliphatic carbocycles. The average molecular weight is 384 g/mol. The molecule has 7 heteroatoms. The Morgan fingerprint density at radius 3 is 2.67 bits per heavy atom. The maximum Gasteiger partial charge on any atom is 0.325 e. The molecule has 0 aliphatic rings. The molecular weight excluding hydrogens is 364 g/mol. The van der Waals surface area contributed by atoms with E-state index < -0.39 is 5.97 Å². The molecule has 0 aliphatic heterocycles. The van der Waals surface area contributed by atoms with E-state index >= 15 is 0 Å². The van der Waals surface area contributed by atoms with Crippen LogP contribution in [-0.2, 0) is 16.1 Å². The van der Waals surface area contributed by atoms with E-state index in [0.717, 1.165) is 21.5 Å². The first-order valence-corrected chi connectivity index (χ1v) is 9.32. The molecule has 0 saturated heterocycles. The van der Waals surface area contributed by atoms with Crippen molar-refractivity contribution in [1.82, 2.24) is 4.57 Å². The molecule has 0 bridgehead atoms. The molecule has 0 radical (unpaired) electrons. The molecule has 140 valence electrons. The third-order valence-electron chi connectivity index (χ3n) is 4.05. The standard InChI is InChI=1S/C20H20N2O4S/c1-4-26-14-9-10-16-17(11-14)27-20(22(16)12-18(23)25-3)21-19(24)15-8-6-5-7-13(15)2/h5-11H,4,12H2,1-3H3. The molecule has 0 fully saturated rings. The third kappa shape index (κ3) is 4.09. The molecule has 27 heavy (non-hydrogen) atoms. The number of aryl methyl sites for hydroxylation is 1. The Kier molecular flexibility index (Phi) is 5.71. The Balaban J connectivity index is 2.14. The Hall–Kier alpha value is -2.93. The van der Waals surface area contributed by atoms with Crippen LogP contribution in [0.3, 0.4) is 0 Å². The summed E-state index contributed by atoms with van der Waals surface area (Å²) in [5, 5.41) is 0. The van der Waals surface area contributed by atoms with Gasteiger partial charge in [0.1, 0.15) is 12.3 Å². The molecule has 0 saturated carbocycles. The fourth-order valence-electron chi connectivity index (χ4n) is 2.70. The van der Waals surface area contributed by atoms with Crippen molar-refractivity contribution >= 4 is 33.4 Å². The second-order valence-electron chi connectivity index (χ2n) is 5.84. The largest absolute Gasteiger partial charge is 0.494 e. The Bertz CT molecular complexity index is 1070. The van der Waals surface area contributed by atoms with Crippen LogP contribution in [0.15, 0.2) is 47.5 Å². The zero-order chi connectivity index (χ0) is 19.4. The lowest BCUT2D eigenvalue weighted by Gasteiger charge is -2.05. The van der Waals surface area contributed by atoms with Gasteiger partial charge in [0.2, 0.25) is 0 Å². The molecule has 0 atom stereocenters. The molecule has 0 spiro atoms. The lowest BCUT2D eigenvalue weighted by atomic mass is 10.1. The molecule has 6 nitrogen and oxygen atoms in total. The van der Waals surface area contributed by atoms with E-state index in [4.69, 9.17) is 9.47 Å². The van der Waals surface area contributed by atoms with E-state index in [0.29, 0.717) is 17.0 Å². The van der Waals surface area contributed by atoms with Gasteiger partial charge in [-0.1, -0.05) is 29.5 Å². The Labute approximate surface area is 160 Å². The number of carbonyl (C=O) groups excluding carboxylic acids is 2. The molecule has 2 aromatic carbocycles. The zero-order valence-electron chi connectivity index (χ0n) is 15.4. The number of esters is 1. The minimum Gasteiger partial charge on any atom is -0.494 e. The third-order valence-corrected chi connectivity index (χ3v) is 5.09. The van der Waals surface area contributed by atoms with Gasteiger partial charge in [0, 0.05) is 5.56 Å². The zero-order valence-corrected chi connectivity index (χ0v) is 16.2. The number of methoxy groups -OCH3 is 1. The van der Waals surface area contributed by atoms with Gasteiger partial charge in [0.15, 0.2) is 4.80 Å². The molecular formula is C20H20N2O4S. The number of hydrogen-bond donors (Lipinski definition) is 0. The number of carbonyl (C=O) groups is 2. The van der Waals surface area contributed by atoms with Crippen molar-refractivity contribution in [2.45, 2.75) is 20.4 Å². The van der Waals surface area contributed by atoms with E-state index in [1.165, 1.54) is 18.4 Å². The van der Waals surface area contributed by atoms with Crippen LogP contribution < -0.4 is 9.54 Å². The summed E-state index contributed by atoms with van der Waals surface area (Å²) in [4.78, 5) is 29.3. The van der Waals surface area contributed by atoms with Gasteiger partial charge in [-0.2, -0.15) is 4.99 Å². The Morgan fingerprint density at radius 1 is 1.19 bits per heavy atom. The number of benzene rings is 2. The summed E-state index contributed by atoms with van der Waals surface area (Å²) in [7, 11) is 1.33. The first kappa shape index (κ1) is 18.8. The fraction of sp³-hybridized carbons (Fsp3) is 0.250. The van der Waals surface area contributed by atoms with Crippen LogP contribution >= 0.6 is 11.3 Å². The maximum atomic E-state index is 12.7. The highest BCUT2D eigenvalue weighted by molar-refractivity contribution is 7.16. The fourth-order valence-corrected chi connectivity index (χ4v) is 3.76. The van der Waals surface area contributed by atoms with Crippen molar-refractivity contribution in [2.24, 2.45) is 4.99 Å². The first-order valence-electron chi connectivity index (χ1n) is 8.51. The van der Waals surface area contributed by atoms with Crippen LogP contribution in [0.2, 0.25) is 0 Å². The molecule has 0 unspecified atom stereocenters. The van der Waals surface area contributed by atoms with E-state index in [-0.39, 0.29) is 12.5 Å². The predicted octanol–water partition coefficient (Wildman–Crippen LogP) is 3.32. The van der Waals surface area contributed by atoms with Gasteiger partial charge < -0.3 is 14.0 Å². The van der Waals surface area contributed by atoms with Crippen LogP contribution in [0.1, 0.15) is 22.8 Å². The quantitative estimate of drug-likeness (QED) is 0.633. The van der Waals surface area contributed by atoms with Crippen LogP contribution in [0, 0.1) is 6.92 Å². The summed E-state index contributed by atoms with van der Waals surface area (Å²) in [6.45, 7) is 4.31. The highest BCUT2D eigenvalue weighted by atomic mass is 32.1. The van der Waals surface area contributed by atoms with Gasteiger partial charge in [0.05, 0.1) is 23.9 Å². The molecule has 3 rings (SSSR count). The molecule has 1 heterocycles. The van der Waals surface area contributed by atoms with E-state index in [2.05, 4.69) is 4.99 Å². The summed E-state index contributed by atoms with van der Waals surface area (Å²) in [5.41, 5.74) is 2.19. The maximum absolute atomic E-state index is 12.7. The van der Waals surface area contributed by atoms with E-state index in [1.807, 2.05) is 44.2 Å². The number of amides is 1. The van der Waals surface area contributed by atoms with Gasteiger partial charge in [-0.15, -0.1) is 0 Å². The highest BCUT2D eigenvalue weighted by Gasteiger charge is 2.14. The average Bonchev–Trinajstić information content (AvgIpc) is 2.98. The number of hydrogen-bond acceptors (Lipinski definition) is 5. The smallest absolute Gasteiger partial charge is 0.325 e. The minimum atomic E-state index is -0.409. The van der Waals surface area contributed by atoms with Crippen LogP contribution in [0.5, 0.6) is 5.75 Å².